The van der Waals surface area contributed by atoms with Gasteiger partial charge in [-0.2, -0.15) is 13.2 Å². The fraction of sp³-hybridized carbons (Fsp3) is 0.214. The maximum atomic E-state index is 13.1. The second-order valence-electron chi connectivity index (χ2n) is 4.53. The Morgan fingerprint density at radius 3 is 2.57 bits per heavy atom. The van der Waals surface area contributed by atoms with Crippen LogP contribution in [-0.4, -0.2) is 17.0 Å². The molecule has 0 unspecified atom stereocenters. The summed E-state index contributed by atoms with van der Waals surface area (Å²) in [7, 11) is 1.29. The second kappa shape index (κ2) is 6.51. The molecule has 1 aromatic carbocycles. The van der Waals surface area contributed by atoms with E-state index >= 15 is 0 Å². The van der Waals surface area contributed by atoms with Gasteiger partial charge in [-0.15, -0.1) is 0 Å². The maximum Gasteiger partial charge on any atom is 0.416 e. The Hall–Kier alpha value is -2.84. The lowest BCUT2D eigenvalue weighted by Crippen LogP contribution is -2.12. The lowest BCUT2D eigenvalue weighted by atomic mass is 10.1. The van der Waals surface area contributed by atoms with Crippen LogP contribution in [-0.2, 0) is 12.7 Å². The molecule has 0 atom stereocenters. The topological polar surface area (TPSA) is 77.3 Å². The molecule has 23 heavy (non-hydrogen) atoms. The van der Waals surface area contributed by atoms with Crippen LogP contribution in [0.15, 0.2) is 36.5 Å². The summed E-state index contributed by atoms with van der Waals surface area (Å²) in [4.78, 5) is 13.7. The summed E-state index contributed by atoms with van der Waals surface area (Å²) in [6.07, 6.45) is -3.49. The van der Waals surface area contributed by atoms with Crippen molar-refractivity contribution in [2.45, 2.75) is 12.7 Å². The highest BCUT2D eigenvalue weighted by Crippen LogP contribution is 2.34. The van der Waals surface area contributed by atoms with Crippen LogP contribution in [0.4, 0.5) is 24.7 Å². The van der Waals surface area contributed by atoms with E-state index in [-0.39, 0.29) is 29.4 Å². The zero-order valence-corrected chi connectivity index (χ0v) is 11.9. The monoisotopic (exact) mass is 327 g/mol. The number of hydrogen-bond acceptors (Lipinski definition) is 5. The van der Waals surface area contributed by atoms with E-state index in [1.807, 2.05) is 0 Å². The van der Waals surface area contributed by atoms with Gasteiger partial charge in [0.1, 0.15) is 17.8 Å². The molecule has 6 nitrogen and oxygen atoms in total. The third-order valence-corrected chi connectivity index (χ3v) is 3.04. The van der Waals surface area contributed by atoms with E-state index in [1.54, 1.807) is 0 Å². The number of aromatic nitrogens is 1. The van der Waals surface area contributed by atoms with Gasteiger partial charge in [0.15, 0.2) is 0 Å². The molecular formula is C14H12F3N3O3. The van der Waals surface area contributed by atoms with Gasteiger partial charge in [-0.25, -0.2) is 4.98 Å². The number of nitro groups is 1. The van der Waals surface area contributed by atoms with Gasteiger partial charge in [0, 0.05) is 12.6 Å². The minimum Gasteiger partial charge on any atom is -0.497 e. The van der Waals surface area contributed by atoms with Crippen LogP contribution in [0.3, 0.4) is 0 Å². The first-order valence-electron chi connectivity index (χ1n) is 6.39. The number of ether oxygens (including phenoxy) is 1. The molecule has 0 spiro atoms. The van der Waals surface area contributed by atoms with Crippen molar-refractivity contribution in [1.82, 2.24) is 4.98 Å². The van der Waals surface area contributed by atoms with Crippen molar-refractivity contribution in [2.24, 2.45) is 0 Å². The standard InChI is InChI=1S/C14H12F3N3O3/c1-23-11-4-2-9(12(6-11)14(15,16)17)7-18-13-5-3-10(8-19-13)20(21)22/h2-6,8H,7H2,1H3,(H,18,19). The number of nitrogens with zero attached hydrogens (tertiary/aromatic N) is 2. The number of alkyl halides is 3. The SMILES string of the molecule is COc1ccc(CNc2ccc([N+](=O)[O-])cn2)c(C(F)(F)F)c1. The minimum atomic E-state index is -4.52. The fourth-order valence-corrected chi connectivity index (χ4v) is 1.88. The van der Waals surface area contributed by atoms with E-state index in [0.717, 1.165) is 12.3 Å². The molecule has 0 amide bonds. The largest absolute Gasteiger partial charge is 0.497 e. The normalized spacial score (nSPS) is 11.1. The Bertz CT molecular complexity index is 703. The van der Waals surface area contributed by atoms with Gasteiger partial charge in [0.2, 0.25) is 0 Å². The van der Waals surface area contributed by atoms with E-state index in [0.29, 0.717) is 0 Å². The summed E-state index contributed by atoms with van der Waals surface area (Å²) in [5, 5.41) is 13.2. The number of nitrogens with one attached hydrogen (secondary N) is 1. The summed E-state index contributed by atoms with van der Waals surface area (Å²) in [5.41, 5.74) is -0.999. The van der Waals surface area contributed by atoms with Gasteiger partial charge in [-0.05, 0) is 23.8 Å². The van der Waals surface area contributed by atoms with Gasteiger partial charge in [0.25, 0.3) is 5.69 Å². The lowest BCUT2D eigenvalue weighted by Gasteiger charge is -2.15. The van der Waals surface area contributed by atoms with Crippen molar-refractivity contribution in [3.63, 3.8) is 0 Å². The first-order chi connectivity index (χ1) is 10.8. The smallest absolute Gasteiger partial charge is 0.416 e. The zero-order chi connectivity index (χ0) is 17.0. The molecule has 1 aromatic heterocycles. The summed E-state index contributed by atoms with van der Waals surface area (Å²) in [6, 6.07) is 6.19. The molecule has 1 N–H and O–H groups in total. The molecule has 0 fully saturated rings. The van der Waals surface area contributed by atoms with E-state index < -0.39 is 16.7 Å². The summed E-state index contributed by atoms with van der Waals surface area (Å²) >= 11 is 0. The molecule has 1 heterocycles. The Balaban J connectivity index is 2.18. The van der Waals surface area contributed by atoms with E-state index in [9.17, 15) is 23.3 Å². The fourth-order valence-electron chi connectivity index (χ4n) is 1.88. The molecule has 0 bridgehead atoms. The molecule has 122 valence electrons. The average Bonchev–Trinajstić information content (AvgIpc) is 2.52. The molecule has 0 saturated heterocycles. The highest BCUT2D eigenvalue weighted by molar-refractivity contribution is 5.43. The van der Waals surface area contributed by atoms with E-state index in [1.165, 1.54) is 31.4 Å². The van der Waals surface area contributed by atoms with Crippen molar-refractivity contribution >= 4 is 11.5 Å². The predicted molar refractivity (Wildman–Crippen MR) is 76.2 cm³/mol. The van der Waals surface area contributed by atoms with Crippen LogP contribution in [0.1, 0.15) is 11.1 Å². The quantitative estimate of drug-likeness (QED) is 0.670. The lowest BCUT2D eigenvalue weighted by molar-refractivity contribution is -0.385. The van der Waals surface area contributed by atoms with E-state index in [4.69, 9.17) is 4.74 Å². The van der Waals surface area contributed by atoms with Crippen molar-refractivity contribution in [3.8, 4) is 5.75 Å². The Morgan fingerprint density at radius 1 is 1.30 bits per heavy atom. The van der Waals surface area contributed by atoms with Crippen molar-refractivity contribution in [3.05, 3.63) is 57.8 Å². The third kappa shape index (κ3) is 4.09. The number of halogens is 3. The molecule has 0 aliphatic carbocycles. The molecule has 0 radical (unpaired) electrons. The van der Waals surface area contributed by atoms with Crippen molar-refractivity contribution in [2.75, 3.05) is 12.4 Å². The molecule has 9 heteroatoms. The highest BCUT2D eigenvalue weighted by atomic mass is 19.4. The van der Waals surface area contributed by atoms with E-state index in [2.05, 4.69) is 10.3 Å². The molecule has 0 saturated carbocycles. The van der Waals surface area contributed by atoms with Gasteiger partial charge in [-0.1, -0.05) is 6.07 Å². The molecule has 2 aromatic rings. The number of benzene rings is 1. The van der Waals surface area contributed by atoms with Crippen LogP contribution in [0.2, 0.25) is 0 Å². The van der Waals surface area contributed by atoms with Gasteiger partial charge in [0.05, 0.1) is 17.6 Å². The molecule has 2 rings (SSSR count). The first kappa shape index (κ1) is 16.5. The number of hydrogen-bond donors (Lipinski definition) is 1. The Labute approximate surface area is 129 Å². The number of methoxy groups -OCH3 is 1. The predicted octanol–water partition coefficient (Wildman–Crippen LogP) is 3.63. The number of anilines is 1. The van der Waals surface area contributed by atoms with Crippen molar-refractivity contribution < 1.29 is 22.8 Å². The zero-order valence-electron chi connectivity index (χ0n) is 11.9. The maximum absolute atomic E-state index is 13.1. The third-order valence-electron chi connectivity index (χ3n) is 3.04. The molecule has 0 aliphatic heterocycles. The number of pyridine rings is 1. The van der Waals surface area contributed by atoms with Crippen LogP contribution in [0, 0.1) is 10.1 Å². The van der Waals surface area contributed by atoms with Gasteiger partial charge >= 0.3 is 6.18 Å². The summed E-state index contributed by atoms with van der Waals surface area (Å²) in [6.45, 7) is -0.135. The number of rotatable bonds is 5. The van der Waals surface area contributed by atoms with Gasteiger partial charge in [-0.3, -0.25) is 10.1 Å². The second-order valence-corrected chi connectivity index (χ2v) is 4.53. The van der Waals surface area contributed by atoms with Gasteiger partial charge < -0.3 is 10.1 Å². The summed E-state index contributed by atoms with van der Waals surface area (Å²) < 4.78 is 44.0. The minimum absolute atomic E-state index is 0.0125. The summed E-state index contributed by atoms with van der Waals surface area (Å²) in [5.74, 6) is 0.342. The first-order valence-corrected chi connectivity index (χ1v) is 6.39. The van der Waals surface area contributed by atoms with Crippen LogP contribution in [0.5, 0.6) is 5.75 Å². The van der Waals surface area contributed by atoms with Crippen LogP contribution >= 0.6 is 0 Å². The molecule has 0 aliphatic rings. The highest BCUT2D eigenvalue weighted by Gasteiger charge is 2.33. The van der Waals surface area contributed by atoms with Crippen LogP contribution < -0.4 is 10.1 Å². The molecular weight excluding hydrogens is 315 g/mol. The Kier molecular flexibility index (Phi) is 4.68. The van der Waals surface area contributed by atoms with Crippen LogP contribution in [0.25, 0.3) is 0 Å². The van der Waals surface area contributed by atoms with Crippen molar-refractivity contribution in [1.29, 1.82) is 0 Å². The average molecular weight is 327 g/mol. The Morgan fingerprint density at radius 2 is 2.04 bits per heavy atom.